The highest BCUT2D eigenvalue weighted by atomic mass is 16.6. The predicted octanol–water partition coefficient (Wildman–Crippen LogP) is 3.11. The van der Waals surface area contributed by atoms with Gasteiger partial charge in [0.25, 0.3) is 5.69 Å². The molecule has 0 fully saturated rings. The summed E-state index contributed by atoms with van der Waals surface area (Å²) in [5, 5.41) is 22.5. The predicted molar refractivity (Wildman–Crippen MR) is 78.0 cm³/mol. The molecule has 0 aliphatic carbocycles. The number of nitro benzene ring substituents is 1. The molecule has 21 heavy (non-hydrogen) atoms. The summed E-state index contributed by atoms with van der Waals surface area (Å²) >= 11 is 0. The van der Waals surface area contributed by atoms with Gasteiger partial charge < -0.3 is 10.1 Å². The molecular weight excluding hydrogens is 270 g/mol. The van der Waals surface area contributed by atoms with Crippen molar-refractivity contribution in [2.75, 3.05) is 11.9 Å². The number of ether oxygens (including phenoxy) is 1. The van der Waals surface area contributed by atoms with Crippen LogP contribution < -0.4 is 10.1 Å². The second-order valence-corrected chi connectivity index (χ2v) is 4.21. The first-order valence-electron chi connectivity index (χ1n) is 6.26. The molecule has 106 valence electrons. The number of benzene rings is 2. The van der Waals surface area contributed by atoms with E-state index in [-0.39, 0.29) is 12.3 Å². The summed E-state index contributed by atoms with van der Waals surface area (Å²) in [5.74, 6) is 0.573. The first-order valence-corrected chi connectivity index (χ1v) is 6.26. The van der Waals surface area contributed by atoms with Crippen molar-refractivity contribution in [2.24, 2.45) is 0 Å². The first-order chi connectivity index (χ1) is 10.2. The van der Waals surface area contributed by atoms with Crippen molar-refractivity contribution in [1.29, 1.82) is 5.26 Å². The molecule has 0 saturated carbocycles. The molecule has 0 amide bonds. The lowest BCUT2D eigenvalue weighted by Crippen LogP contribution is -2.03. The number of hydrogen-bond donors (Lipinski definition) is 1. The zero-order chi connectivity index (χ0) is 15.1. The summed E-state index contributed by atoms with van der Waals surface area (Å²) in [7, 11) is 0. The molecule has 0 unspecified atom stereocenters. The molecule has 6 nitrogen and oxygen atoms in total. The third-order valence-corrected chi connectivity index (χ3v) is 2.81. The molecular formula is C15H13N3O3. The normalized spacial score (nSPS) is 9.67. The van der Waals surface area contributed by atoms with E-state index in [0.717, 1.165) is 5.69 Å². The highest BCUT2D eigenvalue weighted by molar-refractivity contribution is 5.50. The third kappa shape index (κ3) is 3.94. The fourth-order valence-corrected chi connectivity index (χ4v) is 1.85. The summed E-state index contributed by atoms with van der Waals surface area (Å²) in [6.07, 6.45) is 0. The molecule has 0 aliphatic heterocycles. The molecule has 0 saturated heterocycles. The third-order valence-electron chi connectivity index (χ3n) is 2.81. The monoisotopic (exact) mass is 283 g/mol. The van der Waals surface area contributed by atoms with E-state index in [2.05, 4.69) is 5.32 Å². The van der Waals surface area contributed by atoms with E-state index in [1.807, 2.05) is 12.1 Å². The first kappa shape index (κ1) is 14.3. The molecule has 6 heteroatoms. The highest BCUT2D eigenvalue weighted by Crippen LogP contribution is 2.21. The number of anilines is 1. The Balaban J connectivity index is 2.07. The number of hydrogen-bond acceptors (Lipinski definition) is 5. The Morgan fingerprint density at radius 1 is 1.24 bits per heavy atom. The van der Waals surface area contributed by atoms with Crippen LogP contribution >= 0.6 is 0 Å². The van der Waals surface area contributed by atoms with Crippen LogP contribution in [-0.4, -0.2) is 11.5 Å². The maximum Gasteiger partial charge on any atom is 0.274 e. The van der Waals surface area contributed by atoms with E-state index in [9.17, 15) is 10.1 Å². The van der Waals surface area contributed by atoms with Gasteiger partial charge in [-0.05, 0) is 12.1 Å². The van der Waals surface area contributed by atoms with Crippen molar-refractivity contribution in [3.05, 3.63) is 64.2 Å². The van der Waals surface area contributed by atoms with Crippen LogP contribution in [0.2, 0.25) is 0 Å². The van der Waals surface area contributed by atoms with Crippen molar-refractivity contribution < 1.29 is 9.66 Å². The van der Waals surface area contributed by atoms with E-state index < -0.39 is 4.92 Å². The summed E-state index contributed by atoms with van der Waals surface area (Å²) in [6, 6.07) is 15.6. The van der Waals surface area contributed by atoms with Gasteiger partial charge in [0, 0.05) is 29.9 Å². The second-order valence-electron chi connectivity index (χ2n) is 4.21. The minimum absolute atomic E-state index is 0.0202. The van der Waals surface area contributed by atoms with Crippen LogP contribution in [0.25, 0.3) is 0 Å². The highest BCUT2D eigenvalue weighted by Gasteiger charge is 2.11. The lowest BCUT2D eigenvalue weighted by molar-refractivity contribution is -0.385. The SMILES string of the molecule is N#CCOc1cccc(NCc2ccccc2[N+](=O)[O-])c1. The van der Waals surface area contributed by atoms with E-state index >= 15 is 0 Å². The maximum atomic E-state index is 10.9. The minimum atomic E-state index is -0.399. The number of nitro groups is 1. The van der Waals surface area contributed by atoms with Gasteiger partial charge >= 0.3 is 0 Å². The van der Waals surface area contributed by atoms with Crippen LogP contribution in [0.1, 0.15) is 5.56 Å². The molecule has 0 atom stereocenters. The van der Waals surface area contributed by atoms with Gasteiger partial charge in [-0.3, -0.25) is 10.1 Å². The van der Waals surface area contributed by atoms with E-state index in [4.69, 9.17) is 10.00 Å². The zero-order valence-corrected chi connectivity index (χ0v) is 11.2. The number of nitriles is 1. The number of rotatable bonds is 6. The lowest BCUT2D eigenvalue weighted by Gasteiger charge is -2.09. The van der Waals surface area contributed by atoms with Crippen LogP contribution in [0.3, 0.4) is 0 Å². The topological polar surface area (TPSA) is 88.2 Å². The molecule has 2 rings (SSSR count). The molecule has 0 aromatic heterocycles. The van der Waals surface area contributed by atoms with Crippen molar-refractivity contribution in [2.45, 2.75) is 6.54 Å². The van der Waals surface area contributed by atoms with Crippen molar-refractivity contribution >= 4 is 11.4 Å². The zero-order valence-electron chi connectivity index (χ0n) is 11.2. The molecule has 1 N–H and O–H groups in total. The van der Waals surface area contributed by atoms with Gasteiger partial charge in [-0.1, -0.05) is 24.3 Å². The summed E-state index contributed by atoms with van der Waals surface area (Å²) in [5.41, 5.74) is 1.45. The van der Waals surface area contributed by atoms with Gasteiger partial charge in [-0.25, -0.2) is 0 Å². The molecule has 0 bridgehead atoms. The average molecular weight is 283 g/mol. The van der Waals surface area contributed by atoms with Crippen molar-refractivity contribution in [3.8, 4) is 11.8 Å². The Labute approximate surface area is 121 Å². The minimum Gasteiger partial charge on any atom is -0.479 e. The Bertz CT molecular complexity index is 680. The molecule has 2 aromatic rings. The lowest BCUT2D eigenvalue weighted by atomic mass is 10.2. The average Bonchev–Trinajstić information content (AvgIpc) is 2.51. The largest absolute Gasteiger partial charge is 0.479 e. The molecule has 2 aromatic carbocycles. The van der Waals surface area contributed by atoms with Gasteiger partial charge in [0.15, 0.2) is 6.61 Å². The fraction of sp³-hybridized carbons (Fsp3) is 0.133. The Kier molecular flexibility index (Phi) is 4.72. The van der Waals surface area contributed by atoms with Crippen molar-refractivity contribution in [1.82, 2.24) is 0 Å². The summed E-state index contributed by atoms with van der Waals surface area (Å²) in [6.45, 7) is 0.312. The Hall–Kier alpha value is -3.07. The molecule has 0 aliphatic rings. The molecule has 0 spiro atoms. The quantitative estimate of drug-likeness (QED) is 0.650. The van der Waals surface area contributed by atoms with E-state index in [0.29, 0.717) is 17.9 Å². The number of nitrogens with one attached hydrogen (secondary N) is 1. The van der Waals surface area contributed by atoms with Crippen LogP contribution in [0.4, 0.5) is 11.4 Å². The summed E-state index contributed by atoms with van der Waals surface area (Å²) in [4.78, 5) is 10.5. The molecule has 0 radical (unpaired) electrons. The Morgan fingerprint density at radius 3 is 2.81 bits per heavy atom. The van der Waals surface area contributed by atoms with Crippen LogP contribution in [-0.2, 0) is 6.54 Å². The van der Waals surface area contributed by atoms with E-state index in [1.165, 1.54) is 6.07 Å². The van der Waals surface area contributed by atoms with Crippen molar-refractivity contribution in [3.63, 3.8) is 0 Å². The maximum absolute atomic E-state index is 10.9. The molecule has 0 heterocycles. The fourth-order valence-electron chi connectivity index (χ4n) is 1.85. The van der Waals surface area contributed by atoms with Gasteiger partial charge in [0.05, 0.1) is 4.92 Å². The van der Waals surface area contributed by atoms with Crippen LogP contribution in [0.15, 0.2) is 48.5 Å². The van der Waals surface area contributed by atoms with Gasteiger partial charge in [0.2, 0.25) is 0 Å². The summed E-state index contributed by atoms with van der Waals surface area (Å²) < 4.78 is 5.20. The van der Waals surface area contributed by atoms with Gasteiger partial charge in [-0.2, -0.15) is 5.26 Å². The smallest absolute Gasteiger partial charge is 0.274 e. The van der Waals surface area contributed by atoms with Crippen LogP contribution in [0, 0.1) is 21.4 Å². The number of nitrogens with zero attached hydrogens (tertiary/aromatic N) is 2. The van der Waals surface area contributed by atoms with E-state index in [1.54, 1.807) is 36.4 Å². The van der Waals surface area contributed by atoms with Crippen LogP contribution in [0.5, 0.6) is 5.75 Å². The van der Waals surface area contributed by atoms with Gasteiger partial charge in [-0.15, -0.1) is 0 Å². The second kappa shape index (κ2) is 6.91. The van der Waals surface area contributed by atoms with Gasteiger partial charge in [0.1, 0.15) is 11.8 Å². The Morgan fingerprint density at radius 2 is 2.05 bits per heavy atom. The number of para-hydroxylation sites is 1. The standard InChI is InChI=1S/C15H13N3O3/c16-8-9-21-14-6-3-5-13(10-14)17-11-12-4-1-2-7-15(12)18(19)20/h1-7,10,17H,9,11H2.